The van der Waals surface area contributed by atoms with E-state index in [0.29, 0.717) is 25.0 Å². The van der Waals surface area contributed by atoms with Crippen LogP contribution in [0.5, 0.6) is 0 Å². The number of carbonyl (C=O) groups excluding carboxylic acids is 3. The van der Waals surface area contributed by atoms with Crippen molar-refractivity contribution in [3.8, 4) is 0 Å². The number of aliphatic imine (C=N–C) groups is 2. The molecule has 0 unspecified atom stereocenters. The minimum absolute atomic E-state index is 0.0916. The standard InChI is InChI=1S/C17H19N3O4/c1-24-17(23)10-6-11-15-9(8-20-13(15)7-10)4-5-19-12(16(11)22)2-3-14(18)21/h4-5,10,12H,2-3,6-8H2,1H3,(H2,18,21)/b9-4-,19-5?/t10-,12+/m1/s1. The highest BCUT2D eigenvalue weighted by atomic mass is 16.5. The Balaban J connectivity index is 1.97. The molecule has 0 fully saturated rings. The summed E-state index contributed by atoms with van der Waals surface area (Å²) >= 11 is 0. The smallest absolute Gasteiger partial charge is 0.309 e. The molecule has 0 aromatic heterocycles. The Labute approximate surface area is 139 Å². The van der Waals surface area contributed by atoms with Gasteiger partial charge in [-0.2, -0.15) is 0 Å². The maximum absolute atomic E-state index is 13.0. The molecule has 1 aliphatic carbocycles. The van der Waals surface area contributed by atoms with E-state index in [4.69, 9.17) is 10.5 Å². The molecule has 0 bridgehead atoms. The number of Topliss-reactive ketones (excluding diaryl/α,β-unsaturated/α-hetero) is 1. The molecular weight excluding hydrogens is 310 g/mol. The first kappa shape index (κ1) is 16.3. The summed E-state index contributed by atoms with van der Waals surface area (Å²) in [6, 6.07) is -0.656. The largest absolute Gasteiger partial charge is 0.469 e. The van der Waals surface area contributed by atoms with E-state index in [1.807, 2.05) is 6.08 Å². The van der Waals surface area contributed by atoms with E-state index in [9.17, 15) is 14.4 Å². The lowest BCUT2D eigenvalue weighted by Crippen LogP contribution is -2.32. The fraction of sp³-hybridized carbons (Fsp3) is 0.471. The lowest BCUT2D eigenvalue weighted by molar-refractivity contribution is -0.145. The van der Waals surface area contributed by atoms with Gasteiger partial charge in [-0.15, -0.1) is 0 Å². The Kier molecular flexibility index (Phi) is 4.42. The highest BCUT2D eigenvalue weighted by Gasteiger charge is 2.39. The number of hydrogen-bond donors (Lipinski definition) is 1. The van der Waals surface area contributed by atoms with E-state index in [0.717, 1.165) is 16.9 Å². The third-order valence-electron chi connectivity index (χ3n) is 4.58. The van der Waals surface area contributed by atoms with Gasteiger partial charge < -0.3 is 10.5 Å². The van der Waals surface area contributed by atoms with E-state index in [-0.39, 0.29) is 24.6 Å². The summed E-state index contributed by atoms with van der Waals surface area (Å²) < 4.78 is 4.84. The van der Waals surface area contributed by atoms with Crippen molar-refractivity contribution in [2.75, 3.05) is 13.7 Å². The quantitative estimate of drug-likeness (QED) is 0.758. The number of nitrogens with two attached hydrogens (primary N) is 1. The van der Waals surface area contributed by atoms with E-state index >= 15 is 0 Å². The first-order chi connectivity index (χ1) is 11.5. The topological polar surface area (TPSA) is 111 Å². The highest BCUT2D eigenvalue weighted by Crippen LogP contribution is 2.38. The second-order valence-electron chi connectivity index (χ2n) is 6.12. The number of rotatable bonds is 4. The average Bonchev–Trinajstić information content (AvgIpc) is 2.97. The van der Waals surface area contributed by atoms with Crippen LogP contribution in [0.2, 0.25) is 0 Å². The minimum atomic E-state index is -0.656. The van der Waals surface area contributed by atoms with Gasteiger partial charge in [0.1, 0.15) is 6.04 Å². The Bertz CT molecular complexity index is 730. The summed E-state index contributed by atoms with van der Waals surface area (Å²) in [5, 5.41) is 0. The number of nitrogens with zero attached hydrogens (tertiary/aromatic N) is 2. The van der Waals surface area contributed by atoms with Crippen molar-refractivity contribution in [2.24, 2.45) is 21.6 Å². The molecular formula is C17H19N3O4. The molecule has 7 nitrogen and oxygen atoms in total. The second kappa shape index (κ2) is 6.51. The normalized spacial score (nSPS) is 27.6. The minimum Gasteiger partial charge on any atom is -0.469 e. The summed E-state index contributed by atoms with van der Waals surface area (Å²) in [5.41, 5.74) is 8.36. The summed E-state index contributed by atoms with van der Waals surface area (Å²) in [6.45, 7) is 0.493. The van der Waals surface area contributed by atoms with E-state index in [1.54, 1.807) is 6.21 Å². The van der Waals surface area contributed by atoms with Crippen LogP contribution >= 0.6 is 0 Å². The summed E-state index contributed by atoms with van der Waals surface area (Å²) in [5.74, 6) is -1.37. The molecule has 3 aliphatic rings. The SMILES string of the molecule is COC(=O)[C@H]1CC2=NC/C3=C/C=N[C@@H](CCC(N)=O)C(=O)C(=C23)C1. The molecule has 0 aromatic carbocycles. The van der Waals surface area contributed by atoms with Gasteiger partial charge in [-0.25, -0.2) is 0 Å². The van der Waals surface area contributed by atoms with Crippen molar-refractivity contribution >= 4 is 29.6 Å². The van der Waals surface area contributed by atoms with Crippen LogP contribution in [0.25, 0.3) is 0 Å². The van der Waals surface area contributed by atoms with E-state index < -0.39 is 17.9 Å². The first-order valence-corrected chi connectivity index (χ1v) is 7.91. The van der Waals surface area contributed by atoms with Crippen LogP contribution in [0.1, 0.15) is 25.7 Å². The summed E-state index contributed by atoms with van der Waals surface area (Å²) in [7, 11) is 1.34. The number of primary amides is 1. The second-order valence-corrected chi connectivity index (χ2v) is 6.12. The zero-order valence-electron chi connectivity index (χ0n) is 13.4. The highest BCUT2D eigenvalue weighted by molar-refractivity contribution is 6.17. The van der Waals surface area contributed by atoms with Crippen LogP contribution in [0.4, 0.5) is 0 Å². The van der Waals surface area contributed by atoms with Crippen LogP contribution < -0.4 is 5.73 Å². The zero-order valence-corrected chi connectivity index (χ0v) is 13.4. The molecule has 0 radical (unpaired) electrons. The predicted molar refractivity (Wildman–Crippen MR) is 87.9 cm³/mol. The summed E-state index contributed by atoms with van der Waals surface area (Å²) in [6.07, 6.45) is 4.62. The van der Waals surface area contributed by atoms with Crippen molar-refractivity contribution in [1.29, 1.82) is 0 Å². The van der Waals surface area contributed by atoms with Crippen molar-refractivity contribution in [2.45, 2.75) is 31.7 Å². The number of methoxy groups -OCH3 is 1. The number of hydrogen-bond acceptors (Lipinski definition) is 6. The van der Waals surface area contributed by atoms with Gasteiger partial charge in [0.25, 0.3) is 0 Å². The fourth-order valence-electron chi connectivity index (χ4n) is 3.40. The van der Waals surface area contributed by atoms with Gasteiger partial charge in [0.05, 0.1) is 19.6 Å². The van der Waals surface area contributed by atoms with Crippen molar-refractivity contribution in [3.63, 3.8) is 0 Å². The van der Waals surface area contributed by atoms with Crippen LogP contribution in [0, 0.1) is 5.92 Å². The fourth-order valence-corrected chi connectivity index (χ4v) is 3.40. The van der Waals surface area contributed by atoms with Crippen molar-refractivity contribution in [1.82, 2.24) is 0 Å². The van der Waals surface area contributed by atoms with Gasteiger partial charge in [-0.1, -0.05) is 0 Å². The Morgan fingerprint density at radius 1 is 1.38 bits per heavy atom. The number of esters is 1. The van der Waals surface area contributed by atoms with E-state index in [1.165, 1.54) is 7.11 Å². The molecule has 1 amide bonds. The van der Waals surface area contributed by atoms with Crippen LogP contribution in [-0.2, 0) is 19.1 Å². The third kappa shape index (κ3) is 2.93. The first-order valence-electron chi connectivity index (χ1n) is 7.91. The molecule has 2 N–H and O–H groups in total. The molecule has 2 atom stereocenters. The van der Waals surface area contributed by atoms with Crippen molar-refractivity contribution in [3.05, 3.63) is 22.8 Å². The molecule has 126 valence electrons. The molecule has 7 heteroatoms. The van der Waals surface area contributed by atoms with Gasteiger partial charge >= 0.3 is 5.97 Å². The van der Waals surface area contributed by atoms with Crippen LogP contribution in [-0.4, -0.2) is 49.3 Å². The van der Waals surface area contributed by atoms with Gasteiger partial charge in [0, 0.05) is 35.9 Å². The zero-order chi connectivity index (χ0) is 17.3. The Hall–Kier alpha value is -2.57. The Morgan fingerprint density at radius 2 is 2.17 bits per heavy atom. The molecule has 2 heterocycles. The maximum atomic E-state index is 13.0. The number of carbonyl (C=O) groups is 3. The number of ketones is 1. The third-order valence-corrected chi connectivity index (χ3v) is 4.58. The predicted octanol–water partition coefficient (Wildman–Crippen LogP) is 0.535. The van der Waals surface area contributed by atoms with Gasteiger partial charge in [-0.3, -0.25) is 24.4 Å². The number of amides is 1. The molecule has 0 saturated heterocycles. The van der Waals surface area contributed by atoms with Crippen LogP contribution in [0.3, 0.4) is 0 Å². The monoisotopic (exact) mass is 329 g/mol. The molecule has 3 rings (SSSR count). The van der Waals surface area contributed by atoms with Gasteiger partial charge in [0.2, 0.25) is 5.91 Å². The average molecular weight is 329 g/mol. The van der Waals surface area contributed by atoms with Crippen LogP contribution in [0.15, 0.2) is 32.8 Å². The molecule has 0 aromatic rings. The van der Waals surface area contributed by atoms with Crippen molar-refractivity contribution < 1.29 is 19.1 Å². The molecule has 24 heavy (non-hydrogen) atoms. The molecule has 0 saturated carbocycles. The number of ether oxygens (including phenoxy) is 1. The molecule has 0 spiro atoms. The summed E-state index contributed by atoms with van der Waals surface area (Å²) in [4.78, 5) is 44.7. The van der Waals surface area contributed by atoms with Gasteiger partial charge in [0.15, 0.2) is 5.78 Å². The number of allylic oxidation sites excluding steroid dienone is 1. The van der Waals surface area contributed by atoms with E-state index in [2.05, 4.69) is 9.98 Å². The lowest BCUT2D eigenvalue weighted by atomic mass is 9.77. The Morgan fingerprint density at radius 3 is 2.88 bits per heavy atom. The lowest BCUT2D eigenvalue weighted by Gasteiger charge is -2.26. The molecule has 2 aliphatic heterocycles. The maximum Gasteiger partial charge on any atom is 0.309 e. The van der Waals surface area contributed by atoms with Gasteiger partial charge in [-0.05, 0) is 24.5 Å².